The first-order valence-corrected chi connectivity index (χ1v) is 5.60. The second kappa shape index (κ2) is 4.35. The molecule has 2 rings (SSSR count). The highest BCUT2D eigenvalue weighted by molar-refractivity contribution is 6.21. The Balaban J connectivity index is 2.58. The molecule has 0 aliphatic carbocycles. The molecule has 1 saturated heterocycles. The van der Waals surface area contributed by atoms with Gasteiger partial charge in [0.1, 0.15) is 0 Å². The number of aryl methyl sites for hydroxylation is 1. The molecule has 4 amide bonds. The molecule has 0 unspecified atom stereocenters. The fraction of sp³-hybridized carbons (Fsp3) is 0.400. The smallest absolute Gasteiger partial charge is 0.328 e. The van der Waals surface area contributed by atoms with Gasteiger partial charge in [-0.15, -0.1) is 0 Å². The van der Waals surface area contributed by atoms with Gasteiger partial charge in [0.2, 0.25) is 0 Å². The molecule has 0 saturated carbocycles. The van der Waals surface area contributed by atoms with E-state index in [4.69, 9.17) is 0 Å². The van der Waals surface area contributed by atoms with Crippen LogP contribution in [0.15, 0.2) is 4.79 Å². The fourth-order valence-corrected chi connectivity index (χ4v) is 1.96. The van der Waals surface area contributed by atoms with Crippen LogP contribution in [0.5, 0.6) is 0 Å². The topological polar surface area (TPSA) is 144 Å². The summed E-state index contributed by atoms with van der Waals surface area (Å²) in [5.74, 6) is -2.49. The van der Waals surface area contributed by atoms with E-state index in [2.05, 4.69) is 10.2 Å². The third kappa shape index (κ3) is 1.83. The minimum absolute atomic E-state index is 0.245. The summed E-state index contributed by atoms with van der Waals surface area (Å²) in [6.45, 7) is 1.82. The van der Waals surface area contributed by atoms with Gasteiger partial charge in [-0.25, -0.2) is 4.79 Å². The normalized spacial score (nSPS) is 18.1. The molecule has 1 aromatic heterocycles. The predicted octanol–water partition coefficient (Wildman–Crippen LogP) is -1.79. The quantitative estimate of drug-likeness (QED) is 0.411. The molecule has 0 aromatic carbocycles. The highest BCUT2D eigenvalue weighted by atomic mass is 16.3. The molecular formula is C10H12N4O5. The summed E-state index contributed by atoms with van der Waals surface area (Å²) in [5.41, 5.74) is -3.65. The Labute approximate surface area is 106 Å². The third-order valence-corrected chi connectivity index (χ3v) is 2.83. The number of H-pyrrole nitrogens is 2. The lowest BCUT2D eigenvalue weighted by Gasteiger charge is -2.28. The average Bonchev–Trinajstić information content (AvgIpc) is 2.68. The van der Waals surface area contributed by atoms with Crippen molar-refractivity contribution in [3.05, 3.63) is 21.6 Å². The van der Waals surface area contributed by atoms with Crippen molar-refractivity contribution in [2.24, 2.45) is 0 Å². The van der Waals surface area contributed by atoms with Gasteiger partial charge in [-0.3, -0.25) is 30.1 Å². The zero-order valence-corrected chi connectivity index (χ0v) is 9.99. The minimum Gasteiger partial charge on any atom is -0.368 e. The number of barbiturate groups is 1. The van der Waals surface area contributed by atoms with Crippen molar-refractivity contribution >= 4 is 17.8 Å². The fourth-order valence-electron chi connectivity index (χ4n) is 1.96. The van der Waals surface area contributed by atoms with Gasteiger partial charge < -0.3 is 10.2 Å². The molecule has 9 nitrogen and oxygen atoms in total. The van der Waals surface area contributed by atoms with Crippen LogP contribution in [-0.2, 0) is 21.6 Å². The first kappa shape index (κ1) is 13.0. The Hall–Kier alpha value is -2.42. The van der Waals surface area contributed by atoms with Crippen molar-refractivity contribution in [2.75, 3.05) is 0 Å². The molecule has 5 N–H and O–H groups in total. The number of carbonyl (C=O) groups excluding carboxylic acids is 3. The maximum atomic E-state index is 11.7. The lowest BCUT2D eigenvalue weighted by molar-refractivity contribution is -0.155. The molecule has 0 bridgehead atoms. The van der Waals surface area contributed by atoms with Gasteiger partial charge in [0.15, 0.2) is 0 Å². The largest absolute Gasteiger partial charge is 0.368 e. The van der Waals surface area contributed by atoms with E-state index in [0.29, 0.717) is 12.8 Å². The van der Waals surface area contributed by atoms with E-state index in [0.717, 1.165) is 0 Å². The number of aliphatic hydroxyl groups is 1. The third-order valence-electron chi connectivity index (χ3n) is 2.83. The lowest BCUT2D eigenvalue weighted by Crippen LogP contribution is -2.65. The van der Waals surface area contributed by atoms with Gasteiger partial charge in [0.25, 0.3) is 23.0 Å². The van der Waals surface area contributed by atoms with Crippen LogP contribution in [0.4, 0.5) is 4.79 Å². The van der Waals surface area contributed by atoms with Gasteiger partial charge in [0.05, 0.1) is 5.56 Å². The first-order valence-electron chi connectivity index (χ1n) is 5.60. The van der Waals surface area contributed by atoms with Gasteiger partial charge in [0, 0.05) is 5.69 Å². The molecule has 0 radical (unpaired) electrons. The van der Waals surface area contributed by atoms with Crippen LogP contribution in [0.25, 0.3) is 0 Å². The van der Waals surface area contributed by atoms with Crippen molar-refractivity contribution in [1.82, 2.24) is 20.8 Å². The Morgan fingerprint density at radius 3 is 2.16 bits per heavy atom. The number of aromatic nitrogens is 2. The van der Waals surface area contributed by atoms with E-state index in [9.17, 15) is 24.3 Å². The summed E-state index contributed by atoms with van der Waals surface area (Å²) in [6.07, 6.45) is 0.976. The van der Waals surface area contributed by atoms with Crippen molar-refractivity contribution in [3.8, 4) is 0 Å². The summed E-state index contributed by atoms with van der Waals surface area (Å²) < 4.78 is 0. The Kier molecular flexibility index (Phi) is 2.98. The summed E-state index contributed by atoms with van der Waals surface area (Å²) in [5, 5.41) is 18.5. The Morgan fingerprint density at radius 2 is 1.63 bits per heavy atom. The van der Waals surface area contributed by atoms with E-state index >= 15 is 0 Å². The van der Waals surface area contributed by atoms with Crippen molar-refractivity contribution in [2.45, 2.75) is 25.4 Å². The number of imide groups is 2. The minimum atomic E-state index is -2.72. The zero-order chi connectivity index (χ0) is 14.2. The van der Waals surface area contributed by atoms with Crippen LogP contribution in [0.1, 0.15) is 24.6 Å². The van der Waals surface area contributed by atoms with Gasteiger partial charge in [-0.2, -0.15) is 0 Å². The summed E-state index contributed by atoms with van der Waals surface area (Å²) in [7, 11) is 0. The molecule has 1 fully saturated rings. The second-order valence-corrected chi connectivity index (χ2v) is 4.13. The molecule has 0 atom stereocenters. The molecule has 19 heavy (non-hydrogen) atoms. The average molecular weight is 268 g/mol. The summed E-state index contributed by atoms with van der Waals surface area (Å²) >= 11 is 0. The van der Waals surface area contributed by atoms with E-state index in [1.165, 1.54) is 0 Å². The van der Waals surface area contributed by atoms with Crippen LogP contribution in [0.2, 0.25) is 0 Å². The number of aromatic amines is 2. The van der Waals surface area contributed by atoms with Gasteiger partial charge in [-0.05, 0) is 6.42 Å². The molecule has 1 aliphatic rings. The number of carbonyl (C=O) groups is 3. The summed E-state index contributed by atoms with van der Waals surface area (Å²) in [6, 6.07) is -1.04. The molecular weight excluding hydrogens is 256 g/mol. The zero-order valence-electron chi connectivity index (χ0n) is 9.99. The monoisotopic (exact) mass is 268 g/mol. The first-order chi connectivity index (χ1) is 8.91. The standard InChI is InChI=1S/C10H12N4O5/c1-2-3-4-5(6(15)14-13-4)10(19)7(16)11-9(18)12-8(10)17/h19H,2-3H2,1H3,(H2,13,14,15)(H2,11,12,16,17,18). The van der Waals surface area contributed by atoms with E-state index in [1.807, 2.05) is 6.92 Å². The molecule has 102 valence electrons. The van der Waals surface area contributed by atoms with E-state index in [1.54, 1.807) is 10.6 Å². The SMILES string of the molecule is CCCc1[nH][nH]c(=O)c1C1(O)C(=O)NC(=O)NC1=O. The van der Waals surface area contributed by atoms with Crippen LogP contribution in [0.3, 0.4) is 0 Å². The van der Waals surface area contributed by atoms with Crippen LogP contribution >= 0.6 is 0 Å². The van der Waals surface area contributed by atoms with Crippen LogP contribution < -0.4 is 16.2 Å². The highest BCUT2D eigenvalue weighted by Gasteiger charge is 2.53. The number of rotatable bonds is 3. The maximum absolute atomic E-state index is 11.7. The molecule has 2 heterocycles. The number of amides is 4. The second-order valence-electron chi connectivity index (χ2n) is 4.13. The van der Waals surface area contributed by atoms with Crippen molar-refractivity contribution in [3.63, 3.8) is 0 Å². The van der Waals surface area contributed by atoms with Crippen molar-refractivity contribution in [1.29, 1.82) is 0 Å². The highest BCUT2D eigenvalue weighted by Crippen LogP contribution is 2.24. The van der Waals surface area contributed by atoms with Gasteiger partial charge in [-0.1, -0.05) is 13.3 Å². The summed E-state index contributed by atoms with van der Waals surface area (Å²) in [4.78, 5) is 46.1. The van der Waals surface area contributed by atoms with Gasteiger partial charge >= 0.3 is 6.03 Å². The van der Waals surface area contributed by atoms with Crippen molar-refractivity contribution < 1.29 is 19.5 Å². The number of urea groups is 1. The maximum Gasteiger partial charge on any atom is 0.328 e. The molecule has 1 aliphatic heterocycles. The van der Waals surface area contributed by atoms with Crippen LogP contribution in [-0.4, -0.2) is 33.1 Å². The predicted molar refractivity (Wildman–Crippen MR) is 61.0 cm³/mol. The van der Waals surface area contributed by atoms with E-state index < -0.39 is 34.6 Å². The Morgan fingerprint density at radius 1 is 1.05 bits per heavy atom. The Bertz CT molecular complexity index is 594. The molecule has 9 heteroatoms. The number of hydrogen-bond donors (Lipinski definition) is 5. The van der Waals surface area contributed by atoms with E-state index in [-0.39, 0.29) is 5.69 Å². The number of nitrogens with one attached hydrogen (secondary N) is 4. The number of hydrogen-bond acceptors (Lipinski definition) is 5. The molecule has 1 aromatic rings. The van der Waals surface area contributed by atoms with Crippen LogP contribution in [0, 0.1) is 0 Å². The lowest BCUT2D eigenvalue weighted by atomic mass is 9.89. The molecule has 0 spiro atoms.